The van der Waals surface area contributed by atoms with E-state index in [9.17, 15) is 0 Å². The number of rotatable bonds is 2. The maximum atomic E-state index is 5.74. The number of hydrogen-bond acceptors (Lipinski definition) is 1. The van der Waals surface area contributed by atoms with E-state index < -0.39 is 8.32 Å². The molecule has 1 nitrogen and oxygen atoms in total. The van der Waals surface area contributed by atoms with Crippen molar-refractivity contribution in [1.29, 1.82) is 0 Å². The van der Waals surface area contributed by atoms with Crippen molar-refractivity contribution in [1.82, 2.24) is 0 Å². The van der Waals surface area contributed by atoms with E-state index in [1.165, 1.54) is 0 Å². The summed E-state index contributed by atoms with van der Waals surface area (Å²) in [4.78, 5) is 0. The first kappa shape index (κ1) is 11.9. The van der Waals surface area contributed by atoms with Gasteiger partial charge in [-0.15, -0.1) is 0 Å². The van der Waals surface area contributed by atoms with Gasteiger partial charge in [-0.05, 0) is 31.8 Å². The molecule has 0 saturated heterocycles. The second-order valence-corrected chi connectivity index (χ2v) is 7.96. The van der Waals surface area contributed by atoms with E-state index in [0.717, 1.165) is 5.75 Å². The molecule has 1 aromatic carbocycles. The molecular formula is C9H14OPtSi. The molecule has 0 aliphatic carbocycles. The Morgan fingerprint density at radius 1 is 1.00 bits per heavy atom. The minimum absolute atomic E-state index is 0. The molecule has 0 unspecified atom stereocenters. The fraction of sp³-hybridized carbons (Fsp3) is 0.333. The molecule has 0 bridgehead atoms. The Morgan fingerprint density at radius 3 is 1.92 bits per heavy atom. The Morgan fingerprint density at radius 2 is 1.50 bits per heavy atom. The van der Waals surface area contributed by atoms with E-state index in [2.05, 4.69) is 19.6 Å². The molecule has 1 rings (SSSR count). The van der Waals surface area contributed by atoms with Gasteiger partial charge in [0.05, 0.1) is 0 Å². The molecule has 0 aliphatic rings. The minimum Gasteiger partial charge on any atom is -0.544 e. The second-order valence-electron chi connectivity index (χ2n) is 3.53. The quantitative estimate of drug-likeness (QED) is 0.736. The number of para-hydroxylation sites is 1. The summed E-state index contributed by atoms with van der Waals surface area (Å²) in [5.41, 5.74) is 0. The van der Waals surface area contributed by atoms with E-state index >= 15 is 0 Å². The van der Waals surface area contributed by atoms with E-state index in [1.54, 1.807) is 0 Å². The second kappa shape index (κ2) is 4.83. The molecule has 1 aromatic rings. The summed E-state index contributed by atoms with van der Waals surface area (Å²) < 4.78 is 5.74. The van der Waals surface area contributed by atoms with Crippen LogP contribution >= 0.6 is 0 Å². The van der Waals surface area contributed by atoms with Gasteiger partial charge in [-0.25, -0.2) is 0 Å². The van der Waals surface area contributed by atoms with E-state index in [1.807, 2.05) is 30.3 Å². The summed E-state index contributed by atoms with van der Waals surface area (Å²) in [7, 11) is -1.40. The van der Waals surface area contributed by atoms with Gasteiger partial charge in [0, 0.05) is 21.1 Å². The standard InChI is InChI=1S/C9H14OSi.Pt/c1-11(2,3)10-9-7-5-4-6-8-9;/h4-8H,1-3H3;. The van der Waals surface area contributed by atoms with Crippen molar-refractivity contribution >= 4 is 8.32 Å². The minimum atomic E-state index is -1.40. The normalized spacial score (nSPS) is 10.2. The van der Waals surface area contributed by atoms with Crippen LogP contribution in [0.1, 0.15) is 0 Å². The van der Waals surface area contributed by atoms with Crippen molar-refractivity contribution in [3.05, 3.63) is 30.3 Å². The van der Waals surface area contributed by atoms with Crippen molar-refractivity contribution in [2.45, 2.75) is 19.6 Å². The van der Waals surface area contributed by atoms with E-state index in [4.69, 9.17) is 4.43 Å². The molecule has 0 atom stereocenters. The molecule has 70 valence electrons. The first-order valence-corrected chi connectivity index (χ1v) is 7.23. The predicted molar refractivity (Wildman–Crippen MR) is 50.4 cm³/mol. The summed E-state index contributed by atoms with van der Waals surface area (Å²) >= 11 is 0. The topological polar surface area (TPSA) is 9.23 Å². The van der Waals surface area contributed by atoms with Crippen LogP contribution in [0.3, 0.4) is 0 Å². The average molecular weight is 361 g/mol. The molecular weight excluding hydrogens is 347 g/mol. The van der Waals surface area contributed by atoms with Crippen molar-refractivity contribution in [2.24, 2.45) is 0 Å². The third-order valence-electron chi connectivity index (χ3n) is 1.17. The maximum Gasteiger partial charge on any atom is 0.242 e. The Balaban J connectivity index is 0.00000121. The van der Waals surface area contributed by atoms with Crippen molar-refractivity contribution in [3.63, 3.8) is 0 Å². The van der Waals surface area contributed by atoms with Crippen LogP contribution in [0.15, 0.2) is 30.3 Å². The van der Waals surface area contributed by atoms with E-state index in [-0.39, 0.29) is 21.1 Å². The SMILES string of the molecule is C[Si](C)(C)Oc1ccccc1.[Pt]. The largest absolute Gasteiger partial charge is 0.544 e. The molecule has 0 aliphatic heterocycles. The summed E-state index contributed by atoms with van der Waals surface area (Å²) in [6.45, 7) is 6.54. The molecule has 12 heavy (non-hydrogen) atoms. The number of benzene rings is 1. The zero-order chi connectivity index (χ0) is 8.32. The third-order valence-corrected chi connectivity index (χ3v) is 2.02. The molecule has 0 amide bonds. The molecule has 0 fully saturated rings. The monoisotopic (exact) mass is 361 g/mol. The van der Waals surface area contributed by atoms with Crippen molar-refractivity contribution in [2.75, 3.05) is 0 Å². The van der Waals surface area contributed by atoms with E-state index in [0.29, 0.717) is 0 Å². The summed E-state index contributed by atoms with van der Waals surface area (Å²) in [6, 6.07) is 9.98. The summed E-state index contributed by atoms with van der Waals surface area (Å²) in [6.07, 6.45) is 0. The van der Waals surface area contributed by atoms with Crippen LogP contribution in [0.5, 0.6) is 5.75 Å². The van der Waals surface area contributed by atoms with Crippen LogP contribution in [-0.4, -0.2) is 8.32 Å². The van der Waals surface area contributed by atoms with Gasteiger partial charge in [0.15, 0.2) is 0 Å². The molecule has 0 N–H and O–H groups in total. The third kappa shape index (κ3) is 4.73. The van der Waals surface area contributed by atoms with Gasteiger partial charge in [-0.2, -0.15) is 0 Å². The molecule has 3 heteroatoms. The van der Waals surface area contributed by atoms with Crippen molar-refractivity contribution in [3.8, 4) is 5.75 Å². The van der Waals surface area contributed by atoms with Crippen LogP contribution in [0.4, 0.5) is 0 Å². The van der Waals surface area contributed by atoms with Gasteiger partial charge < -0.3 is 4.43 Å². The molecule has 0 saturated carbocycles. The summed E-state index contributed by atoms with van der Waals surface area (Å²) in [5, 5.41) is 0. The average Bonchev–Trinajstić information content (AvgIpc) is 1.85. The van der Waals surface area contributed by atoms with Crippen LogP contribution < -0.4 is 4.43 Å². The van der Waals surface area contributed by atoms with Crippen LogP contribution in [-0.2, 0) is 21.1 Å². The van der Waals surface area contributed by atoms with Crippen LogP contribution in [0.25, 0.3) is 0 Å². The van der Waals surface area contributed by atoms with Crippen LogP contribution in [0.2, 0.25) is 19.6 Å². The van der Waals surface area contributed by atoms with Gasteiger partial charge in [0.25, 0.3) is 0 Å². The fourth-order valence-corrected chi connectivity index (χ4v) is 1.69. The smallest absolute Gasteiger partial charge is 0.242 e. The Labute approximate surface area is 89.5 Å². The maximum absolute atomic E-state index is 5.74. The van der Waals surface area contributed by atoms with Gasteiger partial charge in [0.1, 0.15) is 5.75 Å². The van der Waals surface area contributed by atoms with Crippen molar-refractivity contribution < 1.29 is 25.5 Å². The molecule has 0 aromatic heterocycles. The summed E-state index contributed by atoms with van der Waals surface area (Å²) in [5.74, 6) is 0.992. The number of hydrogen-bond donors (Lipinski definition) is 0. The van der Waals surface area contributed by atoms with Crippen LogP contribution in [0, 0.1) is 0 Å². The first-order valence-electron chi connectivity index (χ1n) is 3.82. The fourth-order valence-electron chi connectivity index (χ4n) is 0.842. The zero-order valence-electron chi connectivity index (χ0n) is 7.61. The van der Waals surface area contributed by atoms with Gasteiger partial charge in [0.2, 0.25) is 8.32 Å². The molecule has 0 spiro atoms. The Kier molecular flexibility index (Phi) is 4.80. The first-order chi connectivity index (χ1) is 5.08. The Hall–Kier alpha value is -0.0748. The zero-order valence-corrected chi connectivity index (χ0v) is 10.9. The van der Waals surface area contributed by atoms with Gasteiger partial charge in [-0.1, -0.05) is 18.2 Å². The van der Waals surface area contributed by atoms with Gasteiger partial charge >= 0.3 is 0 Å². The van der Waals surface area contributed by atoms with Gasteiger partial charge in [-0.3, -0.25) is 0 Å². The Bertz CT molecular complexity index is 218. The molecule has 0 heterocycles. The predicted octanol–water partition coefficient (Wildman–Crippen LogP) is 2.90. The molecule has 0 radical (unpaired) electrons.